The van der Waals surface area contributed by atoms with Gasteiger partial charge in [0.2, 0.25) is 0 Å². The molecule has 1 rings (SSSR count). The molecule has 1 heterocycles. The lowest BCUT2D eigenvalue weighted by Crippen LogP contribution is -2.02. The van der Waals surface area contributed by atoms with Gasteiger partial charge in [0.15, 0.2) is 0 Å². The molecule has 0 bridgehead atoms. The topological polar surface area (TPSA) is 56.5 Å². The molecule has 1 aromatic rings. The summed E-state index contributed by atoms with van der Waals surface area (Å²) in [6, 6.07) is 1.23. The van der Waals surface area contributed by atoms with Gasteiger partial charge in [-0.25, -0.2) is 4.79 Å². The van der Waals surface area contributed by atoms with E-state index in [1.165, 1.54) is 25.3 Å². The molecule has 0 N–H and O–H groups in total. The first-order valence-electron chi connectivity index (χ1n) is 3.99. The summed E-state index contributed by atoms with van der Waals surface area (Å²) in [6.45, 7) is 1.63. The second-order valence-corrected chi connectivity index (χ2v) is 2.60. The van der Waals surface area contributed by atoms with Crippen molar-refractivity contribution in [1.29, 1.82) is 0 Å². The van der Waals surface area contributed by atoms with Crippen LogP contribution in [0.1, 0.15) is 11.3 Å². The molecule has 1 aromatic heterocycles. The first kappa shape index (κ1) is 10.2. The van der Waals surface area contributed by atoms with Gasteiger partial charge >= 0.3 is 5.63 Å². The highest BCUT2D eigenvalue weighted by Crippen LogP contribution is 2.20. The van der Waals surface area contributed by atoms with E-state index in [0.717, 1.165) is 0 Å². The molecule has 0 fully saturated rings. The van der Waals surface area contributed by atoms with E-state index in [0.29, 0.717) is 23.4 Å². The molecule has 4 nitrogen and oxygen atoms in total. The van der Waals surface area contributed by atoms with Gasteiger partial charge in [0.05, 0.1) is 18.7 Å². The summed E-state index contributed by atoms with van der Waals surface area (Å²) in [5.74, 6) is 0.823. The molecular weight excluding hydrogens is 184 g/mol. The van der Waals surface area contributed by atoms with Crippen LogP contribution in [-0.2, 0) is 4.79 Å². The summed E-state index contributed by atoms with van der Waals surface area (Å²) in [6.07, 6.45) is 3.49. The molecule has 0 saturated heterocycles. The standard InChI is InChI=1S/C10H10O4/c1-7-8(4-3-5-11)9(13-2)6-10(12)14-7/h3-6H,1-2H3/b4-3+. The van der Waals surface area contributed by atoms with Gasteiger partial charge in [-0.05, 0) is 19.1 Å². The maximum atomic E-state index is 11.0. The third kappa shape index (κ3) is 2.10. The average Bonchev–Trinajstić information content (AvgIpc) is 2.15. The number of ether oxygens (including phenoxy) is 1. The van der Waals surface area contributed by atoms with Crippen molar-refractivity contribution in [1.82, 2.24) is 0 Å². The number of carbonyl (C=O) groups excluding carboxylic acids is 1. The van der Waals surface area contributed by atoms with E-state index in [1.807, 2.05) is 0 Å². The maximum Gasteiger partial charge on any atom is 0.339 e. The van der Waals surface area contributed by atoms with E-state index >= 15 is 0 Å². The van der Waals surface area contributed by atoms with Crippen LogP contribution in [0.3, 0.4) is 0 Å². The molecule has 4 heteroatoms. The van der Waals surface area contributed by atoms with Crippen molar-refractivity contribution in [2.75, 3.05) is 7.11 Å². The number of methoxy groups -OCH3 is 1. The molecule has 0 unspecified atom stereocenters. The summed E-state index contributed by atoms with van der Waals surface area (Å²) in [5, 5.41) is 0. The Kier molecular flexibility index (Phi) is 3.23. The first-order chi connectivity index (χ1) is 6.69. The zero-order chi connectivity index (χ0) is 10.6. The van der Waals surface area contributed by atoms with Crippen molar-refractivity contribution >= 4 is 12.4 Å². The van der Waals surface area contributed by atoms with E-state index in [-0.39, 0.29) is 0 Å². The van der Waals surface area contributed by atoms with Crippen molar-refractivity contribution in [3.8, 4) is 5.75 Å². The van der Waals surface area contributed by atoms with Gasteiger partial charge in [-0.15, -0.1) is 0 Å². The zero-order valence-corrected chi connectivity index (χ0v) is 7.94. The van der Waals surface area contributed by atoms with Gasteiger partial charge in [0.1, 0.15) is 17.8 Å². The Hall–Kier alpha value is -1.84. The number of aldehydes is 1. The van der Waals surface area contributed by atoms with E-state index in [1.54, 1.807) is 6.92 Å². The number of hydrogen-bond donors (Lipinski definition) is 0. The smallest absolute Gasteiger partial charge is 0.339 e. The largest absolute Gasteiger partial charge is 0.496 e. The summed E-state index contributed by atoms with van der Waals surface area (Å²) in [4.78, 5) is 21.1. The Labute approximate surface area is 80.8 Å². The Balaban J connectivity index is 3.31. The van der Waals surface area contributed by atoms with Gasteiger partial charge in [-0.3, -0.25) is 4.79 Å². The predicted octanol–water partition coefficient (Wildman–Crippen LogP) is 1.17. The highest BCUT2D eigenvalue weighted by Gasteiger charge is 2.06. The van der Waals surface area contributed by atoms with Crippen LogP contribution in [0.15, 0.2) is 21.4 Å². The molecule has 0 spiro atoms. The highest BCUT2D eigenvalue weighted by atomic mass is 16.5. The van der Waals surface area contributed by atoms with Crippen molar-refractivity contribution in [3.63, 3.8) is 0 Å². The van der Waals surface area contributed by atoms with E-state index in [2.05, 4.69) is 0 Å². The lowest BCUT2D eigenvalue weighted by atomic mass is 10.2. The van der Waals surface area contributed by atoms with E-state index < -0.39 is 5.63 Å². The Bertz CT molecular complexity index is 415. The van der Waals surface area contributed by atoms with Gasteiger partial charge in [-0.2, -0.15) is 0 Å². The van der Waals surface area contributed by atoms with Crippen molar-refractivity contribution in [3.05, 3.63) is 33.9 Å². The average molecular weight is 194 g/mol. The third-order valence-electron chi connectivity index (χ3n) is 1.71. The molecule has 0 aliphatic carbocycles. The number of carbonyl (C=O) groups is 1. The van der Waals surface area contributed by atoms with Crippen molar-refractivity contribution in [2.24, 2.45) is 0 Å². The quantitative estimate of drug-likeness (QED) is 0.535. The van der Waals surface area contributed by atoms with E-state index in [4.69, 9.17) is 9.15 Å². The Morgan fingerprint density at radius 3 is 2.79 bits per heavy atom. The molecule has 0 radical (unpaired) electrons. The van der Waals surface area contributed by atoms with Crippen molar-refractivity contribution in [2.45, 2.75) is 6.92 Å². The SMILES string of the molecule is COc1cc(=O)oc(C)c1/C=C/C=O. The van der Waals surface area contributed by atoms with Crippen LogP contribution in [0.2, 0.25) is 0 Å². The number of rotatable bonds is 3. The van der Waals surface area contributed by atoms with Crippen LogP contribution in [0.4, 0.5) is 0 Å². The predicted molar refractivity (Wildman–Crippen MR) is 51.4 cm³/mol. The fourth-order valence-electron chi connectivity index (χ4n) is 1.10. The van der Waals surface area contributed by atoms with Crippen LogP contribution < -0.4 is 10.4 Å². The summed E-state index contributed by atoms with van der Waals surface area (Å²) in [7, 11) is 1.45. The molecule has 0 atom stereocenters. The lowest BCUT2D eigenvalue weighted by molar-refractivity contribution is -0.104. The van der Waals surface area contributed by atoms with E-state index in [9.17, 15) is 9.59 Å². The van der Waals surface area contributed by atoms with Crippen LogP contribution in [0.25, 0.3) is 6.08 Å². The summed E-state index contributed by atoms with van der Waals surface area (Å²) < 4.78 is 9.82. The normalized spacial score (nSPS) is 10.4. The van der Waals surface area contributed by atoms with Gasteiger partial charge in [0, 0.05) is 0 Å². The zero-order valence-electron chi connectivity index (χ0n) is 7.94. The van der Waals surface area contributed by atoms with Gasteiger partial charge in [0.25, 0.3) is 0 Å². The van der Waals surface area contributed by atoms with Gasteiger partial charge < -0.3 is 9.15 Å². The molecule has 0 aliphatic rings. The monoisotopic (exact) mass is 194 g/mol. The van der Waals surface area contributed by atoms with Crippen LogP contribution in [0, 0.1) is 6.92 Å². The van der Waals surface area contributed by atoms with Crippen LogP contribution >= 0.6 is 0 Å². The second-order valence-electron chi connectivity index (χ2n) is 2.60. The fraction of sp³-hybridized carbons (Fsp3) is 0.200. The molecular formula is C10H10O4. The van der Waals surface area contributed by atoms with Crippen LogP contribution in [0.5, 0.6) is 5.75 Å². The minimum Gasteiger partial charge on any atom is -0.496 e. The molecule has 74 valence electrons. The number of hydrogen-bond acceptors (Lipinski definition) is 4. The number of aryl methyl sites for hydroxylation is 1. The highest BCUT2D eigenvalue weighted by molar-refractivity contribution is 5.75. The molecule has 0 aliphatic heterocycles. The number of allylic oxidation sites excluding steroid dienone is 1. The molecule has 0 aromatic carbocycles. The van der Waals surface area contributed by atoms with Crippen molar-refractivity contribution < 1.29 is 13.9 Å². The van der Waals surface area contributed by atoms with Crippen LogP contribution in [-0.4, -0.2) is 13.4 Å². The van der Waals surface area contributed by atoms with Gasteiger partial charge in [-0.1, -0.05) is 0 Å². The first-order valence-corrected chi connectivity index (χ1v) is 3.99. The minimum atomic E-state index is -0.470. The summed E-state index contributed by atoms with van der Waals surface area (Å²) in [5.41, 5.74) is 0.127. The molecule has 0 saturated carbocycles. The minimum absolute atomic E-state index is 0.400. The second kappa shape index (κ2) is 4.41. The Morgan fingerprint density at radius 2 is 2.21 bits per heavy atom. The fourth-order valence-corrected chi connectivity index (χ4v) is 1.10. The third-order valence-corrected chi connectivity index (χ3v) is 1.71. The molecule has 14 heavy (non-hydrogen) atoms. The maximum absolute atomic E-state index is 11.0. The molecule has 0 amide bonds. The Morgan fingerprint density at radius 1 is 1.50 bits per heavy atom. The summed E-state index contributed by atoms with van der Waals surface area (Å²) >= 11 is 0. The lowest BCUT2D eigenvalue weighted by Gasteiger charge is -2.04.